The number of aromatic nitrogens is 1. The molecule has 5 rings (SSSR count). The number of anilines is 1. The first-order valence-electron chi connectivity index (χ1n) is 10.1. The van der Waals surface area contributed by atoms with Gasteiger partial charge in [0.1, 0.15) is 13.2 Å². The first-order valence-corrected chi connectivity index (χ1v) is 11.5. The molecule has 0 unspecified atom stereocenters. The molecule has 0 fully saturated rings. The van der Waals surface area contributed by atoms with Crippen molar-refractivity contribution in [2.45, 2.75) is 30.6 Å². The van der Waals surface area contributed by atoms with Gasteiger partial charge in [-0.1, -0.05) is 11.6 Å². The minimum atomic E-state index is -0.0618. The van der Waals surface area contributed by atoms with E-state index in [0.717, 1.165) is 47.2 Å². The lowest BCUT2D eigenvalue weighted by atomic mass is 9.94. The average molecular weight is 441 g/mol. The highest BCUT2D eigenvalue weighted by Gasteiger charge is 2.20. The lowest BCUT2D eigenvalue weighted by molar-refractivity contribution is -0.113. The number of rotatable bonds is 4. The van der Waals surface area contributed by atoms with Crippen molar-refractivity contribution in [2.24, 2.45) is 0 Å². The van der Waals surface area contributed by atoms with E-state index < -0.39 is 0 Å². The molecule has 1 N–H and O–H groups in total. The molecule has 1 aliphatic carbocycles. The van der Waals surface area contributed by atoms with Crippen LogP contribution in [0.4, 0.5) is 5.69 Å². The van der Waals surface area contributed by atoms with Crippen LogP contribution in [0, 0.1) is 0 Å². The molecule has 0 spiro atoms. The number of pyridine rings is 1. The number of nitrogens with zero attached hydrogens (tertiary/aromatic N) is 1. The van der Waals surface area contributed by atoms with Crippen LogP contribution in [0.15, 0.2) is 41.3 Å². The van der Waals surface area contributed by atoms with E-state index in [1.165, 1.54) is 5.56 Å². The predicted octanol–water partition coefficient (Wildman–Crippen LogP) is 5.27. The van der Waals surface area contributed by atoms with Gasteiger partial charge in [0, 0.05) is 32.8 Å². The van der Waals surface area contributed by atoms with Crippen LogP contribution in [0.5, 0.6) is 11.5 Å². The Labute approximate surface area is 184 Å². The van der Waals surface area contributed by atoms with Gasteiger partial charge >= 0.3 is 0 Å². The molecule has 2 aliphatic rings. The zero-order valence-electron chi connectivity index (χ0n) is 16.4. The van der Waals surface area contributed by atoms with Crippen LogP contribution in [0.3, 0.4) is 0 Å². The fourth-order valence-electron chi connectivity index (χ4n) is 3.97. The molecule has 0 atom stereocenters. The molecule has 0 saturated carbocycles. The Balaban J connectivity index is 1.37. The Bertz CT molecular complexity index is 1140. The maximum atomic E-state index is 12.7. The Morgan fingerprint density at radius 2 is 1.90 bits per heavy atom. The number of aryl methyl sites for hydroxylation is 1. The molecule has 1 aromatic heterocycles. The van der Waals surface area contributed by atoms with Crippen LogP contribution in [0.2, 0.25) is 5.02 Å². The Kier molecular flexibility index (Phi) is 5.44. The normalized spacial score (nSPS) is 15.0. The van der Waals surface area contributed by atoms with Gasteiger partial charge in [0.25, 0.3) is 0 Å². The Morgan fingerprint density at radius 3 is 2.80 bits per heavy atom. The van der Waals surface area contributed by atoms with E-state index in [1.54, 1.807) is 17.8 Å². The predicted molar refractivity (Wildman–Crippen MR) is 120 cm³/mol. The summed E-state index contributed by atoms with van der Waals surface area (Å²) in [5.41, 5.74) is 4.07. The Morgan fingerprint density at radius 1 is 1.07 bits per heavy atom. The second-order valence-electron chi connectivity index (χ2n) is 7.43. The number of halogens is 1. The van der Waals surface area contributed by atoms with Gasteiger partial charge in [-0.05, 0) is 61.6 Å². The molecule has 3 aromatic rings. The van der Waals surface area contributed by atoms with E-state index in [-0.39, 0.29) is 5.91 Å². The SMILES string of the molecule is O=C(CSc1c2c(nc3ccc(Cl)cc13)CCCC2)Nc1ccc2c(c1)OCCO2. The molecule has 5 nitrogen and oxygen atoms in total. The van der Waals surface area contributed by atoms with Gasteiger partial charge in [-0.3, -0.25) is 9.78 Å². The number of benzene rings is 2. The third kappa shape index (κ3) is 3.94. The monoisotopic (exact) mass is 440 g/mol. The first kappa shape index (κ1) is 19.5. The maximum absolute atomic E-state index is 12.7. The van der Waals surface area contributed by atoms with E-state index in [2.05, 4.69) is 5.32 Å². The van der Waals surface area contributed by atoms with Crippen LogP contribution < -0.4 is 14.8 Å². The summed E-state index contributed by atoms with van der Waals surface area (Å²) < 4.78 is 11.1. The van der Waals surface area contributed by atoms with E-state index in [0.29, 0.717) is 41.2 Å². The third-order valence-corrected chi connectivity index (χ3v) is 6.74. The quantitative estimate of drug-likeness (QED) is 0.560. The van der Waals surface area contributed by atoms with Crippen molar-refractivity contribution in [3.05, 3.63) is 52.7 Å². The van der Waals surface area contributed by atoms with Crippen molar-refractivity contribution in [2.75, 3.05) is 24.3 Å². The van der Waals surface area contributed by atoms with Gasteiger partial charge in [0.05, 0.1) is 11.3 Å². The zero-order valence-corrected chi connectivity index (χ0v) is 17.9. The average Bonchev–Trinajstić information content (AvgIpc) is 2.77. The number of nitrogens with one attached hydrogen (secondary N) is 1. The van der Waals surface area contributed by atoms with Gasteiger partial charge in [-0.25, -0.2) is 0 Å². The molecular weight excluding hydrogens is 420 g/mol. The minimum absolute atomic E-state index is 0.0618. The summed E-state index contributed by atoms with van der Waals surface area (Å²) in [5.74, 6) is 1.62. The van der Waals surface area contributed by atoms with Crippen molar-refractivity contribution < 1.29 is 14.3 Å². The molecule has 0 radical (unpaired) electrons. The fourth-order valence-corrected chi connectivity index (χ4v) is 5.21. The highest BCUT2D eigenvalue weighted by atomic mass is 35.5. The smallest absolute Gasteiger partial charge is 0.234 e. The lowest BCUT2D eigenvalue weighted by Gasteiger charge is -2.21. The molecule has 1 amide bonds. The van der Waals surface area contributed by atoms with Crippen molar-refractivity contribution in [1.29, 1.82) is 0 Å². The van der Waals surface area contributed by atoms with E-state index in [1.807, 2.05) is 30.3 Å². The van der Waals surface area contributed by atoms with Crippen molar-refractivity contribution in [1.82, 2.24) is 4.98 Å². The van der Waals surface area contributed by atoms with Crippen LogP contribution in [0.25, 0.3) is 10.9 Å². The number of amides is 1. The number of thioether (sulfide) groups is 1. The fraction of sp³-hybridized carbons (Fsp3) is 0.304. The van der Waals surface area contributed by atoms with Crippen molar-refractivity contribution >= 4 is 45.9 Å². The maximum Gasteiger partial charge on any atom is 0.234 e. The summed E-state index contributed by atoms with van der Waals surface area (Å²) in [6, 6.07) is 11.3. The number of hydrogen-bond acceptors (Lipinski definition) is 5. The van der Waals surface area contributed by atoms with Gasteiger partial charge in [0.15, 0.2) is 11.5 Å². The molecule has 2 heterocycles. The highest BCUT2D eigenvalue weighted by Crippen LogP contribution is 2.37. The number of hydrogen-bond donors (Lipinski definition) is 1. The lowest BCUT2D eigenvalue weighted by Crippen LogP contribution is -2.17. The van der Waals surface area contributed by atoms with Crippen LogP contribution >= 0.6 is 23.4 Å². The molecule has 1 aliphatic heterocycles. The van der Waals surface area contributed by atoms with Gasteiger partial charge < -0.3 is 14.8 Å². The molecule has 0 bridgehead atoms. The summed E-state index contributed by atoms with van der Waals surface area (Å²) in [5, 5.41) is 4.68. The molecule has 30 heavy (non-hydrogen) atoms. The highest BCUT2D eigenvalue weighted by molar-refractivity contribution is 8.00. The van der Waals surface area contributed by atoms with Crippen LogP contribution in [-0.2, 0) is 17.6 Å². The second-order valence-corrected chi connectivity index (χ2v) is 8.85. The summed E-state index contributed by atoms with van der Waals surface area (Å²) in [4.78, 5) is 18.7. The topological polar surface area (TPSA) is 60.5 Å². The van der Waals surface area contributed by atoms with E-state index in [4.69, 9.17) is 26.1 Å². The zero-order chi connectivity index (χ0) is 20.5. The van der Waals surface area contributed by atoms with Gasteiger partial charge in [0.2, 0.25) is 5.91 Å². The Hall–Kier alpha value is -2.44. The molecule has 2 aromatic carbocycles. The van der Waals surface area contributed by atoms with Crippen LogP contribution in [0.1, 0.15) is 24.1 Å². The van der Waals surface area contributed by atoms with Gasteiger partial charge in [-0.2, -0.15) is 0 Å². The first-order chi connectivity index (χ1) is 14.7. The molecule has 0 saturated heterocycles. The number of ether oxygens (including phenoxy) is 2. The van der Waals surface area contributed by atoms with Gasteiger partial charge in [-0.15, -0.1) is 11.8 Å². The largest absolute Gasteiger partial charge is 0.486 e. The van der Waals surface area contributed by atoms with Crippen molar-refractivity contribution in [3.63, 3.8) is 0 Å². The number of carbonyl (C=O) groups is 1. The summed E-state index contributed by atoms with van der Waals surface area (Å²) in [6.45, 7) is 1.06. The summed E-state index contributed by atoms with van der Waals surface area (Å²) >= 11 is 7.83. The summed E-state index contributed by atoms with van der Waals surface area (Å²) in [6.07, 6.45) is 4.30. The van der Waals surface area contributed by atoms with E-state index in [9.17, 15) is 4.79 Å². The standard InChI is InChI=1S/C23H21ClN2O3S/c24-14-5-7-19-17(11-14)23(16-3-1-2-4-18(16)26-19)30-13-22(27)25-15-6-8-20-21(12-15)29-10-9-28-20/h5-8,11-12H,1-4,9-10,13H2,(H,25,27). The summed E-state index contributed by atoms with van der Waals surface area (Å²) in [7, 11) is 0. The second kappa shape index (κ2) is 8.36. The molecular formula is C23H21ClN2O3S. The minimum Gasteiger partial charge on any atom is -0.486 e. The van der Waals surface area contributed by atoms with Crippen LogP contribution in [-0.4, -0.2) is 29.9 Å². The third-order valence-electron chi connectivity index (χ3n) is 5.34. The molecule has 154 valence electrons. The number of carbonyl (C=O) groups excluding carboxylic acids is 1. The number of fused-ring (bicyclic) bond motifs is 3. The van der Waals surface area contributed by atoms with Crippen molar-refractivity contribution in [3.8, 4) is 11.5 Å². The van der Waals surface area contributed by atoms with E-state index >= 15 is 0 Å². The molecule has 7 heteroatoms.